The van der Waals surface area contributed by atoms with Crippen molar-refractivity contribution in [2.45, 2.75) is 36.6 Å². The van der Waals surface area contributed by atoms with Gasteiger partial charge in [-0.05, 0) is 0 Å². The number of carboxylic acids is 1. The van der Waals surface area contributed by atoms with Gasteiger partial charge in [-0.1, -0.05) is 0 Å². The van der Waals surface area contributed by atoms with E-state index in [0.29, 0.717) is 4.57 Å². The summed E-state index contributed by atoms with van der Waals surface area (Å²) in [4.78, 5) is 35.9. The SMILES string of the molecule is O=C(O)C(O)C[C@@]1(n2ccc(=O)[nH]c2=O)O[C@H](CO)[C@@H](O)[C@H]1O. The van der Waals surface area contributed by atoms with Gasteiger partial charge in [-0.3, -0.25) is 14.3 Å². The first-order valence-electron chi connectivity index (χ1n) is 6.61. The lowest BCUT2D eigenvalue weighted by molar-refractivity contribution is -0.179. The largest absolute Gasteiger partial charge is 0.479 e. The summed E-state index contributed by atoms with van der Waals surface area (Å²) in [6.45, 7) is -0.721. The molecule has 1 aliphatic rings. The number of H-pyrrole nitrogens is 1. The number of ether oxygens (including phenoxy) is 1. The Morgan fingerprint density at radius 2 is 2.09 bits per heavy atom. The summed E-state index contributed by atoms with van der Waals surface area (Å²) in [6, 6.07) is 0.922. The molecule has 1 saturated heterocycles. The van der Waals surface area contributed by atoms with Crippen LogP contribution in [-0.4, -0.2) is 72.1 Å². The number of aliphatic hydroxyl groups excluding tert-OH is 4. The first kappa shape index (κ1) is 17.3. The van der Waals surface area contributed by atoms with Gasteiger partial charge in [-0.25, -0.2) is 9.59 Å². The Balaban J connectivity index is 2.58. The normalized spacial score (nSPS) is 31.9. The van der Waals surface area contributed by atoms with Crippen molar-refractivity contribution in [1.29, 1.82) is 0 Å². The standard InChI is InChI=1S/C12H16N2O9/c15-4-6-8(18)9(19)12(23-6,3-5(16)10(20)21)14-2-1-7(17)13-11(14)22/h1-2,5-6,8-9,15-16,18-19H,3-4H2,(H,20,21)(H,13,17,22)/t5?,6-,8-,9-,12-/m1/s1. The van der Waals surface area contributed by atoms with Crippen molar-refractivity contribution < 1.29 is 35.1 Å². The third-order valence-corrected chi connectivity index (χ3v) is 3.70. The van der Waals surface area contributed by atoms with Crippen LogP contribution in [0.3, 0.4) is 0 Å². The van der Waals surface area contributed by atoms with Crippen LogP contribution >= 0.6 is 0 Å². The van der Waals surface area contributed by atoms with Gasteiger partial charge < -0.3 is 30.3 Å². The highest BCUT2D eigenvalue weighted by molar-refractivity contribution is 5.72. The summed E-state index contributed by atoms with van der Waals surface area (Å²) in [5, 5.41) is 47.8. The predicted molar refractivity (Wildman–Crippen MR) is 71.5 cm³/mol. The fraction of sp³-hybridized carbons (Fsp3) is 0.583. The zero-order chi connectivity index (χ0) is 17.4. The molecule has 1 aliphatic heterocycles. The second-order valence-electron chi connectivity index (χ2n) is 5.16. The van der Waals surface area contributed by atoms with Crippen LogP contribution in [0.4, 0.5) is 0 Å². The van der Waals surface area contributed by atoms with E-state index in [0.717, 1.165) is 12.3 Å². The van der Waals surface area contributed by atoms with Crippen molar-refractivity contribution in [3.8, 4) is 0 Å². The topological polar surface area (TPSA) is 182 Å². The molecule has 0 bridgehead atoms. The number of hydrogen-bond acceptors (Lipinski definition) is 8. The van der Waals surface area contributed by atoms with Gasteiger partial charge in [-0.2, -0.15) is 0 Å². The van der Waals surface area contributed by atoms with Crippen LogP contribution < -0.4 is 11.2 Å². The molecule has 0 spiro atoms. The third kappa shape index (κ3) is 2.92. The predicted octanol–water partition coefficient (Wildman–Crippen LogP) is -3.86. The number of carbonyl (C=O) groups is 1. The molecule has 0 aromatic carbocycles. The second-order valence-corrected chi connectivity index (χ2v) is 5.16. The lowest BCUT2D eigenvalue weighted by Gasteiger charge is -2.34. The number of nitrogens with zero attached hydrogens (tertiary/aromatic N) is 1. The van der Waals surface area contributed by atoms with Crippen molar-refractivity contribution in [1.82, 2.24) is 9.55 Å². The number of rotatable bonds is 5. The summed E-state index contributed by atoms with van der Waals surface area (Å²) in [6.07, 6.45) is -6.69. The Hall–Kier alpha value is -2.05. The summed E-state index contributed by atoms with van der Waals surface area (Å²) in [5.74, 6) is -1.64. The van der Waals surface area contributed by atoms with Gasteiger partial charge in [-0.15, -0.1) is 0 Å². The quantitative estimate of drug-likeness (QED) is 0.314. The molecule has 0 amide bonds. The highest BCUT2D eigenvalue weighted by Gasteiger charge is 2.57. The van der Waals surface area contributed by atoms with E-state index in [1.165, 1.54) is 0 Å². The first-order valence-corrected chi connectivity index (χ1v) is 6.61. The van der Waals surface area contributed by atoms with Crippen LogP contribution in [0.2, 0.25) is 0 Å². The van der Waals surface area contributed by atoms with Gasteiger partial charge in [0.1, 0.15) is 18.3 Å². The van der Waals surface area contributed by atoms with Crippen molar-refractivity contribution in [3.63, 3.8) is 0 Å². The fourth-order valence-corrected chi connectivity index (χ4v) is 2.56. The van der Waals surface area contributed by atoms with E-state index in [9.17, 15) is 29.7 Å². The average molecular weight is 332 g/mol. The fourth-order valence-electron chi connectivity index (χ4n) is 2.56. The first-order chi connectivity index (χ1) is 10.7. The summed E-state index contributed by atoms with van der Waals surface area (Å²) in [7, 11) is 0. The van der Waals surface area contributed by atoms with E-state index in [4.69, 9.17) is 14.9 Å². The zero-order valence-electron chi connectivity index (χ0n) is 11.7. The molecule has 1 unspecified atom stereocenters. The third-order valence-electron chi connectivity index (χ3n) is 3.70. The maximum Gasteiger partial charge on any atom is 0.332 e. The minimum absolute atomic E-state index is 0.671. The molecule has 23 heavy (non-hydrogen) atoms. The number of aromatic nitrogens is 2. The smallest absolute Gasteiger partial charge is 0.332 e. The van der Waals surface area contributed by atoms with Crippen LogP contribution in [0, 0.1) is 0 Å². The van der Waals surface area contributed by atoms with Crippen molar-refractivity contribution in [2.75, 3.05) is 6.61 Å². The lowest BCUT2D eigenvalue weighted by Crippen LogP contribution is -2.53. The highest BCUT2D eigenvalue weighted by atomic mass is 16.6. The minimum Gasteiger partial charge on any atom is -0.479 e. The van der Waals surface area contributed by atoms with Crippen LogP contribution in [0.15, 0.2) is 21.9 Å². The molecule has 0 saturated carbocycles. The molecule has 0 radical (unpaired) electrons. The van der Waals surface area contributed by atoms with Gasteiger partial charge in [0.25, 0.3) is 5.56 Å². The second kappa shape index (κ2) is 6.22. The molecule has 2 rings (SSSR count). The molecule has 11 nitrogen and oxygen atoms in total. The summed E-state index contributed by atoms with van der Waals surface area (Å²) < 4.78 is 5.99. The molecule has 1 aromatic heterocycles. The molecule has 11 heteroatoms. The molecular weight excluding hydrogens is 316 g/mol. The van der Waals surface area contributed by atoms with Crippen molar-refractivity contribution in [3.05, 3.63) is 33.1 Å². The van der Waals surface area contributed by atoms with E-state index >= 15 is 0 Å². The molecule has 5 atom stereocenters. The Labute approximate surface area is 128 Å². The van der Waals surface area contributed by atoms with E-state index < -0.39 is 60.4 Å². The number of aliphatic hydroxyl groups is 4. The monoisotopic (exact) mass is 332 g/mol. The van der Waals surface area contributed by atoms with Crippen LogP contribution in [0.5, 0.6) is 0 Å². The molecule has 6 N–H and O–H groups in total. The van der Waals surface area contributed by atoms with Gasteiger partial charge in [0, 0.05) is 18.7 Å². The van der Waals surface area contributed by atoms with Gasteiger partial charge in [0.2, 0.25) is 0 Å². The zero-order valence-corrected chi connectivity index (χ0v) is 11.7. The van der Waals surface area contributed by atoms with Crippen molar-refractivity contribution >= 4 is 5.97 Å². The number of aliphatic carboxylic acids is 1. The van der Waals surface area contributed by atoms with Crippen LogP contribution in [0.1, 0.15) is 6.42 Å². The maximum atomic E-state index is 12.0. The molecule has 1 fully saturated rings. The van der Waals surface area contributed by atoms with Gasteiger partial charge >= 0.3 is 11.7 Å². The minimum atomic E-state index is -2.17. The van der Waals surface area contributed by atoms with E-state index in [1.807, 2.05) is 4.98 Å². The molecular formula is C12H16N2O9. The van der Waals surface area contributed by atoms with Crippen molar-refractivity contribution in [2.24, 2.45) is 0 Å². The molecule has 0 aliphatic carbocycles. The van der Waals surface area contributed by atoms with E-state index in [2.05, 4.69) is 0 Å². The highest BCUT2D eigenvalue weighted by Crippen LogP contribution is 2.38. The molecule has 2 heterocycles. The Bertz CT molecular complexity index is 698. The summed E-state index contributed by atoms with van der Waals surface area (Å²) in [5.41, 5.74) is -3.96. The molecule has 128 valence electrons. The van der Waals surface area contributed by atoms with Gasteiger partial charge in [0.15, 0.2) is 11.8 Å². The lowest BCUT2D eigenvalue weighted by atomic mass is 9.96. The number of nitrogens with one attached hydrogen (secondary N) is 1. The number of aromatic amines is 1. The number of hydrogen-bond donors (Lipinski definition) is 6. The Morgan fingerprint density at radius 1 is 1.43 bits per heavy atom. The van der Waals surface area contributed by atoms with Crippen LogP contribution in [0.25, 0.3) is 0 Å². The van der Waals surface area contributed by atoms with E-state index in [-0.39, 0.29) is 0 Å². The van der Waals surface area contributed by atoms with E-state index in [1.54, 1.807) is 0 Å². The number of carboxylic acid groups (broad SMARTS) is 1. The van der Waals surface area contributed by atoms with Gasteiger partial charge in [0.05, 0.1) is 6.61 Å². The maximum absolute atomic E-state index is 12.0. The summed E-state index contributed by atoms with van der Waals surface area (Å²) >= 11 is 0. The molecule has 1 aromatic rings. The Morgan fingerprint density at radius 3 is 2.57 bits per heavy atom. The Kier molecular flexibility index (Phi) is 4.68. The average Bonchev–Trinajstić information content (AvgIpc) is 2.72. The van der Waals surface area contributed by atoms with Crippen LogP contribution in [-0.2, 0) is 15.3 Å².